The number of rotatable bonds is 71. The van der Waals surface area contributed by atoms with E-state index in [-0.39, 0.29) is 18.5 Å². The van der Waals surface area contributed by atoms with Crippen molar-refractivity contribution in [1.82, 2.24) is 5.32 Å². The van der Waals surface area contributed by atoms with Gasteiger partial charge in [0, 0.05) is 12.8 Å². The van der Waals surface area contributed by atoms with Crippen molar-refractivity contribution in [2.24, 2.45) is 0 Å². The Bertz CT molecular complexity index is 1280. The molecule has 1 amide bonds. The van der Waals surface area contributed by atoms with Gasteiger partial charge in [0.1, 0.15) is 0 Å². The van der Waals surface area contributed by atoms with Crippen LogP contribution in [0.5, 0.6) is 0 Å². The number of amides is 1. The maximum Gasteiger partial charge on any atom is 0.305 e. The van der Waals surface area contributed by atoms with Gasteiger partial charge in [-0.25, -0.2) is 0 Å². The van der Waals surface area contributed by atoms with E-state index in [1.165, 1.54) is 347 Å². The first-order valence-electron chi connectivity index (χ1n) is 37.6. The molecular weight excluding hydrogens is 1010 g/mol. The van der Waals surface area contributed by atoms with Crippen molar-refractivity contribution in [1.29, 1.82) is 0 Å². The number of ether oxygens (including phenoxy) is 1. The van der Waals surface area contributed by atoms with E-state index in [0.29, 0.717) is 25.9 Å². The standard InChI is InChI=1S/C76H147NO5/c1-3-5-7-9-11-13-15-17-19-21-22-23-24-25-27-30-33-37-40-44-48-52-56-60-64-68-74(79)73(72-78)77-75(80)69-65-61-57-53-49-45-41-38-34-31-28-26-29-32-35-39-43-47-51-55-59-63-67-71-82-76(81)70-66-62-58-54-50-46-42-36-20-18-16-14-12-10-8-6-4-2/h26,29,31,34,73-74,78-79H,3-25,27-28,30,32-33,35-72H2,1-2H3,(H,77,80)/b29-26-,34-31-. The largest absolute Gasteiger partial charge is 0.466 e. The van der Waals surface area contributed by atoms with Crippen molar-refractivity contribution in [3.63, 3.8) is 0 Å². The fraction of sp³-hybridized carbons (Fsp3) is 0.921. The molecule has 3 N–H and O–H groups in total. The summed E-state index contributed by atoms with van der Waals surface area (Å²) in [5, 5.41) is 23.5. The number of carbonyl (C=O) groups is 2. The van der Waals surface area contributed by atoms with Crippen LogP contribution in [-0.2, 0) is 14.3 Å². The van der Waals surface area contributed by atoms with Crippen molar-refractivity contribution in [2.75, 3.05) is 13.2 Å². The third-order valence-corrected chi connectivity index (χ3v) is 17.8. The summed E-state index contributed by atoms with van der Waals surface area (Å²) in [6.07, 6.45) is 91.0. The fourth-order valence-corrected chi connectivity index (χ4v) is 12.0. The second kappa shape index (κ2) is 71.8. The van der Waals surface area contributed by atoms with Gasteiger partial charge in [-0.05, 0) is 57.8 Å². The van der Waals surface area contributed by atoms with Crippen LogP contribution in [-0.4, -0.2) is 47.4 Å². The number of hydrogen-bond donors (Lipinski definition) is 3. The van der Waals surface area contributed by atoms with Crippen LogP contribution in [0.15, 0.2) is 24.3 Å². The SMILES string of the molecule is CCCCCCCCCCCCCCCCCCCCCCCCCCCC(O)C(CO)NC(=O)CCCCCCCCC/C=C\C/C=C\CCCCCCCCCCCOC(=O)CCCCCCCCCCCCCCCCCCC. The number of unbranched alkanes of at least 4 members (excludes halogenated alkanes) is 56. The molecular formula is C76H147NO5. The molecule has 2 atom stereocenters. The van der Waals surface area contributed by atoms with E-state index in [1.54, 1.807) is 0 Å². The molecule has 0 radical (unpaired) electrons. The Hall–Kier alpha value is -1.66. The van der Waals surface area contributed by atoms with E-state index in [9.17, 15) is 19.8 Å². The quantitative estimate of drug-likeness (QED) is 0.0320. The third-order valence-electron chi connectivity index (χ3n) is 17.8. The van der Waals surface area contributed by atoms with Gasteiger partial charge in [0.2, 0.25) is 5.91 Å². The van der Waals surface area contributed by atoms with Crippen LogP contribution < -0.4 is 5.32 Å². The predicted molar refractivity (Wildman–Crippen MR) is 361 cm³/mol. The molecule has 0 aromatic carbocycles. The van der Waals surface area contributed by atoms with Crippen LogP contribution in [0.4, 0.5) is 0 Å². The van der Waals surface area contributed by atoms with Gasteiger partial charge in [-0.15, -0.1) is 0 Å². The number of nitrogens with one attached hydrogen (secondary N) is 1. The highest BCUT2D eigenvalue weighted by Crippen LogP contribution is 2.19. The van der Waals surface area contributed by atoms with Gasteiger partial charge in [-0.2, -0.15) is 0 Å². The predicted octanol–water partition coefficient (Wildman–Crippen LogP) is 24.5. The zero-order valence-corrected chi connectivity index (χ0v) is 55.8. The molecule has 0 saturated carbocycles. The number of esters is 1. The van der Waals surface area contributed by atoms with Crippen LogP contribution >= 0.6 is 0 Å². The molecule has 0 aliphatic rings. The van der Waals surface area contributed by atoms with Crippen molar-refractivity contribution in [3.8, 4) is 0 Å². The summed E-state index contributed by atoms with van der Waals surface area (Å²) < 4.78 is 5.50. The number of hydrogen-bond acceptors (Lipinski definition) is 5. The highest BCUT2D eigenvalue weighted by atomic mass is 16.5. The smallest absolute Gasteiger partial charge is 0.305 e. The Labute approximate surface area is 513 Å². The second-order valence-corrected chi connectivity index (χ2v) is 26.0. The summed E-state index contributed by atoms with van der Waals surface area (Å²) in [5.74, 6) is -0.0280. The van der Waals surface area contributed by atoms with Gasteiger partial charge in [0.25, 0.3) is 0 Å². The molecule has 6 heteroatoms. The Kier molecular flexibility index (Phi) is 70.4. The van der Waals surface area contributed by atoms with Gasteiger partial charge in [0.15, 0.2) is 0 Å². The minimum absolute atomic E-state index is 0.0122. The summed E-state index contributed by atoms with van der Waals surface area (Å²) >= 11 is 0. The molecule has 0 heterocycles. The van der Waals surface area contributed by atoms with Crippen LogP contribution in [0.1, 0.15) is 425 Å². The zero-order valence-electron chi connectivity index (χ0n) is 55.8. The molecule has 6 nitrogen and oxygen atoms in total. The molecule has 2 unspecified atom stereocenters. The summed E-state index contributed by atoms with van der Waals surface area (Å²) in [5.41, 5.74) is 0. The molecule has 0 spiro atoms. The van der Waals surface area contributed by atoms with E-state index >= 15 is 0 Å². The van der Waals surface area contributed by atoms with Crippen molar-refractivity contribution >= 4 is 11.9 Å². The van der Waals surface area contributed by atoms with Crippen LogP contribution in [0.25, 0.3) is 0 Å². The van der Waals surface area contributed by atoms with Gasteiger partial charge < -0.3 is 20.3 Å². The van der Waals surface area contributed by atoms with Crippen molar-refractivity contribution < 1.29 is 24.5 Å². The lowest BCUT2D eigenvalue weighted by molar-refractivity contribution is -0.143. The molecule has 0 bridgehead atoms. The van der Waals surface area contributed by atoms with Crippen molar-refractivity contribution in [3.05, 3.63) is 24.3 Å². The monoisotopic (exact) mass is 1150 g/mol. The average molecular weight is 1160 g/mol. The Morgan fingerprint density at radius 3 is 0.927 bits per heavy atom. The molecule has 0 fully saturated rings. The lowest BCUT2D eigenvalue weighted by atomic mass is 10.0. The van der Waals surface area contributed by atoms with E-state index in [4.69, 9.17) is 4.74 Å². The van der Waals surface area contributed by atoms with Gasteiger partial charge in [0.05, 0.1) is 25.4 Å². The molecule has 82 heavy (non-hydrogen) atoms. The number of aliphatic hydroxyl groups excluding tert-OH is 2. The molecule has 0 aromatic rings. The Morgan fingerprint density at radius 1 is 0.341 bits per heavy atom. The number of aliphatic hydroxyl groups is 2. The highest BCUT2D eigenvalue weighted by molar-refractivity contribution is 5.76. The highest BCUT2D eigenvalue weighted by Gasteiger charge is 2.20. The summed E-state index contributed by atoms with van der Waals surface area (Å²) in [7, 11) is 0. The topological polar surface area (TPSA) is 95.9 Å². The minimum atomic E-state index is -0.673. The maximum atomic E-state index is 12.6. The first-order valence-corrected chi connectivity index (χ1v) is 37.6. The van der Waals surface area contributed by atoms with Crippen LogP contribution in [0.3, 0.4) is 0 Å². The Morgan fingerprint density at radius 2 is 0.610 bits per heavy atom. The lowest BCUT2D eigenvalue weighted by Crippen LogP contribution is -2.45. The van der Waals surface area contributed by atoms with Gasteiger partial charge >= 0.3 is 5.97 Å². The minimum Gasteiger partial charge on any atom is -0.466 e. The molecule has 0 aromatic heterocycles. The first kappa shape index (κ1) is 80.3. The number of allylic oxidation sites excluding steroid dienone is 4. The molecule has 0 saturated heterocycles. The van der Waals surface area contributed by atoms with Gasteiger partial charge in [-0.3, -0.25) is 9.59 Å². The van der Waals surface area contributed by atoms with E-state index in [2.05, 4.69) is 43.5 Å². The summed E-state index contributed by atoms with van der Waals surface area (Å²) in [6, 6.07) is -0.551. The Balaban J connectivity index is 3.42. The molecule has 486 valence electrons. The van der Waals surface area contributed by atoms with Gasteiger partial charge in [-0.1, -0.05) is 378 Å². The van der Waals surface area contributed by atoms with E-state index < -0.39 is 12.1 Å². The normalized spacial score (nSPS) is 12.6. The van der Waals surface area contributed by atoms with Crippen LogP contribution in [0.2, 0.25) is 0 Å². The first-order chi connectivity index (χ1) is 40.5. The number of carbonyl (C=O) groups excluding carboxylic acids is 2. The summed E-state index contributed by atoms with van der Waals surface area (Å²) in [6.45, 7) is 4.99. The van der Waals surface area contributed by atoms with Crippen molar-refractivity contribution in [2.45, 2.75) is 437 Å². The second-order valence-electron chi connectivity index (χ2n) is 26.0. The maximum absolute atomic E-state index is 12.6. The van der Waals surface area contributed by atoms with Crippen LogP contribution in [0, 0.1) is 0 Å². The lowest BCUT2D eigenvalue weighted by Gasteiger charge is -2.22. The molecule has 0 rings (SSSR count). The zero-order chi connectivity index (χ0) is 59.2. The third kappa shape index (κ3) is 67.5. The van der Waals surface area contributed by atoms with E-state index in [1.807, 2.05) is 0 Å². The average Bonchev–Trinajstić information content (AvgIpc) is 3.48. The van der Waals surface area contributed by atoms with E-state index in [0.717, 1.165) is 44.9 Å². The fourth-order valence-electron chi connectivity index (χ4n) is 12.0. The molecule has 0 aliphatic heterocycles. The molecule has 0 aliphatic carbocycles. The summed E-state index contributed by atoms with van der Waals surface area (Å²) in [4.78, 5) is 24.7.